The van der Waals surface area contributed by atoms with E-state index in [1.165, 1.54) is 0 Å². The van der Waals surface area contributed by atoms with E-state index in [-0.39, 0.29) is 0 Å². The maximum atomic E-state index is 5.35. The first-order chi connectivity index (χ1) is 5.74. The van der Waals surface area contributed by atoms with E-state index < -0.39 is 0 Å². The van der Waals surface area contributed by atoms with Gasteiger partial charge >= 0.3 is 0 Å². The minimum absolute atomic E-state index is 0.845. The molecule has 0 aliphatic carbocycles. The van der Waals surface area contributed by atoms with Crippen LogP contribution in [0.3, 0.4) is 0 Å². The Bertz CT molecular complexity index is 170. The standard InChI is InChI=1S/C11H20N/c1-5-9-11-12(7-3,8-4)10-6-2/h2,5,9H,7-8,10-11H2,1,3-4H3/q+1. The largest absolute Gasteiger partial charge is 0.311 e. The summed E-state index contributed by atoms with van der Waals surface area (Å²) < 4.78 is 1.01. The summed E-state index contributed by atoms with van der Waals surface area (Å²) >= 11 is 0. The molecule has 0 aliphatic heterocycles. The highest BCUT2D eigenvalue weighted by atomic mass is 15.3. The predicted molar refractivity (Wildman–Crippen MR) is 54.7 cm³/mol. The van der Waals surface area contributed by atoms with E-state index in [4.69, 9.17) is 6.42 Å². The van der Waals surface area contributed by atoms with Gasteiger partial charge in [0.1, 0.15) is 6.54 Å². The molecule has 1 nitrogen and oxygen atoms in total. The van der Waals surface area contributed by atoms with Gasteiger partial charge in [-0.25, -0.2) is 0 Å². The number of allylic oxidation sites excluding steroid dienone is 1. The molecule has 0 unspecified atom stereocenters. The fourth-order valence-corrected chi connectivity index (χ4v) is 1.29. The second-order valence-corrected chi connectivity index (χ2v) is 3.09. The summed E-state index contributed by atoms with van der Waals surface area (Å²) in [6.07, 6.45) is 9.64. The van der Waals surface area contributed by atoms with Gasteiger partial charge in [-0.15, -0.1) is 6.42 Å². The van der Waals surface area contributed by atoms with Crippen molar-refractivity contribution in [1.82, 2.24) is 0 Å². The van der Waals surface area contributed by atoms with Crippen molar-refractivity contribution in [2.45, 2.75) is 20.8 Å². The van der Waals surface area contributed by atoms with Crippen molar-refractivity contribution in [3.8, 4) is 12.3 Å². The molecule has 0 spiro atoms. The Morgan fingerprint density at radius 2 is 1.92 bits per heavy atom. The van der Waals surface area contributed by atoms with Crippen LogP contribution in [0.2, 0.25) is 0 Å². The first kappa shape index (κ1) is 11.3. The second kappa shape index (κ2) is 5.85. The quantitative estimate of drug-likeness (QED) is 0.333. The number of likely N-dealkylation sites (N-methyl/N-ethyl adjacent to an activating group) is 1. The molecule has 0 aromatic heterocycles. The van der Waals surface area contributed by atoms with Crippen LogP contribution in [0, 0.1) is 12.3 Å². The molecule has 0 N–H and O–H groups in total. The Kier molecular flexibility index (Phi) is 5.49. The van der Waals surface area contributed by atoms with E-state index in [2.05, 4.69) is 38.8 Å². The molecule has 0 saturated carbocycles. The van der Waals surface area contributed by atoms with E-state index in [1.807, 2.05) is 0 Å². The molecule has 12 heavy (non-hydrogen) atoms. The van der Waals surface area contributed by atoms with Gasteiger partial charge in [-0.2, -0.15) is 0 Å². The number of hydrogen-bond acceptors (Lipinski definition) is 0. The highest BCUT2D eigenvalue weighted by Crippen LogP contribution is 2.05. The van der Waals surface area contributed by atoms with Crippen LogP contribution < -0.4 is 0 Å². The minimum atomic E-state index is 0.845. The highest BCUT2D eigenvalue weighted by molar-refractivity contribution is 4.85. The molecular formula is C11H20N+. The zero-order valence-corrected chi connectivity index (χ0v) is 8.51. The third-order valence-electron chi connectivity index (χ3n) is 2.50. The van der Waals surface area contributed by atoms with Crippen LogP contribution in [0.5, 0.6) is 0 Å². The molecule has 0 radical (unpaired) electrons. The van der Waals surface area contributed by atoms with Crippen LogP contribution in [-0.2, 0) is 0 Å². The van der Waals surface area contributed by atoms with Gasteiger partial charge in [0.2, 0.25) is 0 Å². The zero-order chi connectivity index (χ0) is 9.45. The van der Waals surface area contributed by atoms with Crippen LogP contribution in [0.15, 0.2) is 12.2 Å². The van der Waals surface area contributed by atoms with E-state index in [9.17, 15) is 0 Å². The molecule has 0 heterocycles. The first-order valence-corrected chi connectivity index (χ1v) is 4.64. The summed E-state index contributed by atoms with van der Waals surface area (Å²) in [6, 6.07) is 0. The molecule has 0 amide bonds. The number of nitrogens with zero attached hydrogens (tertiary/aromatic N) is 1. The van der Waals surface area contributed by atoms with E-state index >= 15 is 0 Å². The summed E-state index contributed by atoms with van der Waals surface area (Å²) in [5.41, 5.74) is 0. The van der Waals surface area contributed by atoms with Gasteiger partial charge in [0.05, 0.1) is 19.6 Å². The Labute approximate surface area is 76.7 Å². The maximum Gasteiger partial charge on any atom is 0.140 e. The van der Waals surface area contributed by atoms with Crippen molar-refractivity contribution >= 4 is 0 Å². The Morgan fingerprint density at radius 1 is 1.33 bits per heavy atom. The van der Waals surface area contributed by atoms with Gasteiger partial charge in [0.15, 0.2) is 0 Å². The topological polar surface area (TPSA) is 0 Å². The Balaban J connectivity index is 4.25. The lowest BCUT2D eigenvalue weighted by Gasteiger charge is -2.33. The molecule has 0 aromatic carbocycles. The number of hydrogen-bond donors (Lipinski definition) is 0. The van der Waals surface area contributed by atoms with Crippen molar-refractivity contribution in [3.63, 3.8) is 0 Å². The average molecular weight is 166 g/mol. The molecule has 68 valence electrons. The van der Waals surface area contributed by atoms with Gasteiger partial charge in [-0.05, 0) is 32.8 Å². The van der Waals surface area contributed by atoms with Gasteiger partial charge in [0, 0.05) is 0 Å². The summed E-state index contributed by atoms with van der Waals surface area (Å²) in [6.45, 7) is 10.6. The molecular weight excluding hydrogens is 146 g/mol. The van der Waals surface area contributed by atoms with Gasteiger partial charge in [0.25, 0.3) is 0 Å². The maximum absolute atomic E-state index is 5.35. The average Bonchev–Trinajstić information content (AvgIpc) is 2.13. The van der Waals surface area contributed by atoms with Crippen LogP contribution >= 0.6 is 0 Å². The lowest BCUT2D eigenvalue weighted by molar-refractivity contribution is -0.912. The third-order valence-corrected chi connectivity index (χ3v) is 2.50. The van der Waals surface area contributed by atoms with Crippen LogP contribution in [0.1, 0.15) is 20.8 Å². The minimum Gasteiger partial charge on any atom is -0.311 e. The molecule has 0 aliphatic rings. The van der Waals surface area contributed by atoms with Gasteiger partial charge in [-0.1, -0.05) is 6.08 Å². The summed E-state index contributed by atoms with van der Waals surface area (Å²) in [7, 11) is 0. The van der Waals surface area contributed by atoms with E-state index in [0.29, 0.717) is 0 Å². The zero-order valence-electron chi connectivity index (χ0n) is 8.51. The third kappa shape index (κ3) is 3.11. The van der Waals surface area contributed by atoms with Crippen molar-refractivity contribution in [2.24, 2.45) is 0 Å². The Hall–Kier alpha value is -0.740. The molecule has 0 fully saturated rings. The van der Waals surface area contributed by atoms with Crippen molar-refractivity contribution < 1.29 is 4.48 Å². The Morgan fingerprint density at radius 3 is 2.25 bits per heavy atom. The molecule has 0 saturated heterocycles. The molecule has 0 aromatic rings. The number of terminal acetylenes is 1. The summed E-state index contributed by atoms with van der Waals surface area (Å²) in [4.78, 5) is 0. The molecule has 0 atom stereocenters. The second-order valence-electron chi connectivity index (χ2n) is 3.09. The first-order valence-electron chi connectivity index (χ1n) is 4.64. The van der Waals surface area contributed by atoms with Gasteiger partial charge in [-0.3, -0.25) is 0 Å². The van der Waals surface area contributed by atoms with Crippen molar-refractivity contribution in [3.05, 3.63) is 12.2 Å². The predicted octanol–water partition coefficient (Wildman–Crippen LogP) is 2.05. The normalized spacial score (nSPS) is 11.8. The number of quaternary nitrogens is 1. The molecule has 0 rings (SSSR count). The fourth-order valence-electron chi connectivity index (χ4n) is 1.29. The van der Waals surface area contributed by atoms with Crippen LogP contribution in [0.4, 0.5) is 0 Å². The van der Waals surface area contributed by atoms with Crippen molar-refractivity contribution in [1.29, 1.82) is 0 Å². The highest BCUT2D eigenvalue weighted by Gasteiger charge is 2.19. The molecule has 1 heteroatoms. The monoisotopic (exact) mass is 166 g/mol. The van der Waals surface area contributed by atoms with E-state index in [0.717, 1.165) is 30.7 Å². The molecule has 0 bridgehead atoms. The number of rotatable bonds is 5. The SMILES string of the molecule is C#CC[N+](CC)(CC)CC=CC. The summed E-state index contributed by atoms with van der Waals surface area (Å²) in [5.74, 6) is 2.76. The van der Waals surface area contributed by atoms with Crippen molar-refractivity contribution in [2.75, 3.05) is 26.2 Å². The van der Waals surface area contributed by atoms with Gasteiger partial charge < -0.3 is 4.48 Å². The van der Waals surface area contributed by atoms with E-state index in [1.54, 1.807) is 0 Å². The fraction of sp³-hybridized carbons (Fsp3) is 0.636. The summed E-state index contributed by atoms with van der Waals surface area (Å²) in [5, 5.41) is 0. The lowest BCUT2D eigenvalue weighted by atomic mass is 10.3. The van der Waals surface area contributed by atoms with Crippen LogP contribution in [-0.4, -0.2) is 30.7 Å². The smallest absolute Gasteiger partial charge is 0.140 e. The van der Waals surface area contributed by atoms with Crippen LogP contribution in [0.25, 0.3) is 0 Å². The lowest BCUT2D eigenvalue weighted by Crippen LogP contribution is -2.48.